The van der Waals surface area contributed by atoms with Crippen LogP contribution in [0.2, 0.25) is 0 Å². The lowest BCUT2D eigenvalue weighted by atomic mass is 10.2. The molecule has 160 valence electrons. The molecule has 0 saturated heterocycles. The van der Waals surface area contributed by atoms with Crippen LogP contribution in [0.1, 0.15) is 23.2 Å². The minimum atomic E-state index is -1.11. The molecule has 32 heavy (non-hydrogen) atoms. The van der Waals surface area contributed by atoms with Crippen molar-refractivity contribution in [3.8, 4) is 17.2 Å². The van der Waals surface area contributed by atoms with Gasteiger partial charge in [0.25, 0.3) is 0 Å². The summed E-state index contributed by atoms with van der Waals surface area (Å²) in [4.78, 5) is 22.2. The molecule has 0 aliphatic heterocycles. The SMILES string of the molecule is CCc1cc(N(C)c2ccc(-n3cccc3-c3nnn[nH]3)cc2)n2c(C(=O)O)ncc2n1. The molecule has 4 heterocycles. The third-order valence-electron chi connectivity index (χ3n) is 5.28. The summed E-state index contributed by atoms with van der Waals surface area (Å²) >= 11 is 0. The molecule has 0 radical (unpaired) electrons. The summed E-state index contributed by atoms with van der Waals surface area (Å²) in [6, 6.07) is 13.6. The fourth-order valence-electron chi connectivity index (χ4n) is 3.66. The Hall–Kier alpha value is -4.54. The molecule has 0 unspecified atom stereocenters. The maximum Gasteiger partial charge on any atom is 0.372 e. The minimum absolute atomic E-state index is 0.0775. The second-order valence-corrected chi connectivity index (χ2v) is 7.13. The van der Waals surface area contributed by atoms with Crippen LogP contribution in [0.3, 0.4) is 0 Å². The van der Waals surface area contributed by atoms with Crippen molar-refractivity contribution in [1.29, 1.82) is 0 Å². The van der Waals surface area contributed by atoms with Crippen LogP contribution in [0.5, 0.6) is 0 Å². The van der Waals surface area contributed by atoms with Crippen molar-refractivity contribution in [3.63, 3.8) is 0 Å². The number of H-pyrrole nitrogens is 1. The highest BCUT2D eigenvalue weighted by atomic mass is 16.4. The number of rotatable bonds is 6. The molecule has 0 aliphatic rings. The molecule has 1 aromatic carbocycles. The maximum absolute atomic E-state index is 11.7. The Morgan fingerprint density at radius 3 is 2.72 bits per heavy atom. The van der Waals surface area contributed by atoms with Crippen molar-refractivity contribution in [1.82, 2.24) is 39.6 Å². The topological polar surface area (TPSA) is 130 Å². The summed E-state index contributed by atoms with van der Waals surface area (Å²) in [5, 5.41) is 23.6. The average Bonchev–Trinajstić information content (AvgIpc) is 3.57. The molecule has 0 amide bonds. The summed E-state index contributed by atoms with van der Waals surface area (Å²) in [5.41, 5.74) is 4.00. The van der Waals surface area contributed by atoms with E-state index in [4.69, 9.17) is 0 Å². The molecule has 0 saturated carbocycles. The van der Waals surface area contributed by atoms with Gasteiger partial charge in [-0.05, 0) is 53.2 Å². The van der Waals surface area contributed by atoms with Gasteiger partial charge in [-0.1, -0.05) is 6.92 Å². The van der Waals surface area contributed by atoms with E-state index in [9.17, 15) is 9.90 Å². The number of hydrogen-bond donors (Lipinski definition) is 2. The van der Waals surface area contributed by atoms with E-state index in [1.165, 1.54) is 6.20 Å². The predicted octanol–water partition coefficient (Wildman–Crippen LogP) is 2.73. The molecule has 0 spiro atoms. The van der Waals surface area contributed by atoms with Gasteiger partial charge in [-0.3, -0.25) is 4.40 Å². The van der Waals surface area contributed by atoms with Crippen LogP contribution in [-0.4, -0.2) is 57.7 Å². The van der Waals surface area contributed by atoms with Crippen LogP contribution in [0.4, 0.5) is 11.5 Å². The van der Waals surface area contributed by atoms with Crippen LogP contribution in [0.15, 0.2) is 54.9 Å². The van der Waals surface area contributed by atoms with Crippen LogP contribution in [0.25, 0.3) is 22.9 Å². The lowest BCUT2D eigenvalue weighted by molar-refractivity contribution is 0.0683. The van der Waals surface area contributed by atoms with Gasteiger partial charge in [0, 0.05) is 36.4 Å². The number of aryl methyl sites for hydroxylation is 1. The number of benzene rings is 1. The number of anilines is 2. The Kier molecular flexibility index (Phi) is 4.62. The molecule has 0 aliphatic carbocycles. The third-order valence-corrected chi connectivity index (χ3v) is 5.28. The van der Waals surface area contributed by atoms with Crippen LogP contribution >= 0.6 is 0 Å². The first-order valence-corrected chi connectivity index (χ1v) is 9.93. The molecular formula is C21H19N9O2. The maximum atomic E-state index is 11.7. The third kappa shape index (κ3) is 3.16. The van der Waals surface area contributed by atoms with E-state index < -0.39 is 5.97 Å². The van der Waals surface area contributed by atoms with Crippen molar-refractivity contribution in [2.75, 3.05) is 11.9 Å². The quantitative estimate of drug-likeness (QED) is 0.421. The van der Waals surface area contributed by atoms with E-state index in [0.717, 1.165) is 29.2 Å². The van der Waals surface area contributed by atoms with Gasteiger partial charge in [0.05, 0.1) is 11.9 Å². The van der Waals surface area contributed by atoms with Crippen LogP contribution in [0, 0.1) is 0 Å². The van der Waals surface area contributed by atoms with Gasteiger partial charge in [-0.2, -0.15) is 0 Å². The first kappa shape index (κ1) is 19.4. The number of nitrogens with zero attached hydrogens (tertiary/aromatic N) is 8. The van der Waals surface area contributed by atoms with Gasteiger partial charge in [-0.15, -0.1) is 5.10 Å². The molecule has 5 rings (SSSR count). The molecule has 0 atom stereocenters. The summed E-state index contributed by atoms with van der Waals surface area (Å²) in [6.45, 7) is 2.00. The average molecular weight is 429 g/mol. The summed E-state index contributed by atoms with van der Waals surface area (Å²) < 4.78 is 3.53. The molecule has 11 nitrogen and oxygen atoms in total. The second-order valence-electron chi connectivity index (χ2n) is 7.13. The van der Waals surface area contributed by atoms with Crippen molar-refractivity contribution < 1.29 is 9.90 Å². The van der Waals surface area contributed by atoms with Gasteiger partial charge in [0.2, 0.25) is 5.82 Å². The molecule has 0 fully saturated rings. The Bertz CT molecular complexity index is 1400. The van der Waals surface area contributed by atoms with Crippen molar-refractivity contribution >= 4 is 23.1 Å². The highest BCUT2D eigenvalue weighted by Gasteiger charge is 2.19. The summed E-state index contributed by atoms with van der Waals surface area (Å²) in [5.74, 6) is 0.0574. The first-order chi connectivity index (χ1) is 15.6. The highest BCUT2D eigenvalue weighted by Crippen LogP contribution is 2.28. The van der Waals surface area contributed by atoms with E-state index in [1.807, 2.05) is 72.1 Å². The van der Waals surface area contributed by atoms with Crippen molar-refractivity contribution in [2.45, 2.75) is 13.3 Å². The molecule has 0 bridgehead atoms. The Morgan fingerprint density at radius 1 is 1.22 bits per heavy atom. The van der Waals surface area contributed by atoms with Crippen LogP contribution < -0.4 is 4.90 Å². The van der Waals surface area contributed by atoms with E-state index in [1.54, 1.807) is 4.40 Å². The smallest absolute Gasteiger partial charge is 0.372 e. The predicted molar refractivity (Wildman–Crippen MR) is 116 cm³/mol. The lowest BCUT2D eigenvalue weighted by Gasteiger charge is -2.22. The number of fused-ring (bicyclic) bond motifs is 1. The standard InChI is InChI=1S/C21H19N9O2/c1-3-13-11-18(30-17(23-13)12-22-20(30)21(31)32)28(2)14-6-8-15(9-7-14)29-10-4-5-16(29)19-24-26-27-25-19/h4-12H,3H2,1-2H3,(H,31,32)(H,24,25,26,27). The molecule has 11 heteroatoms. The monoisotopic (exact) mass is 429 g/mol. The second kappa shape index (κ2) is 7.61. The number of carboxylic acids is 1. The van der Waals surface area contributed by atoms with E-state index in [0.29, 0.717) is 17.3 Å². The Morgan fingerprint density at radius 2 is 2.03 bits per heavy atom. The Balaban J connectivity index is 1.55. The molecule has 4 aromatic heterocycles. The number of aromatic nitrogens is 8. The van der Waals surface area contributed by atoms with Crippen LogP contribution in [-0.2, 0) is 6.42 Å². The zero-order valence-corrected chi connectivity index (χ0v) is 17.3. The Labute approximate surface area is 182 Å². The lowest BCUT2D eigenvalue weighted by Crippen LogP contribution is -2.17. The van der Waals surface area contributed by atoms with E-state index in [2.05, 4.69) is 30.6 Å². The number of carboxylic acid groups (broad SMARTS) is 1. The number of nitrogens with one attached hydrogen (secondary N) is 1. The fourth-order valence-corrected chi connectivity index (χ4v) is 3.66. The summed E-state index contributed by atoms with van der Waals surface area (Å²) in [7, 11) is 1.89. The minimum Gasteiger partial charge on any atom is -0.475 e. The highest BCUT2D eigenvalue weighted by molar-refractivity contribution is 5.86. The zero-order valence-electron chi connectivity index (χ0n) is 17.3. The van der Waals surface area contributed by atoms with Gasteiger partial charge in [-0.25, -0.2) is 19.9 Å². The normalized spacial score (nSPS) is 11.2. The number of imidazole rings is 1. The van der Waals surface area contributed by atoms with Gasteiger partial charge < -0.3 is 14.6 Å². The van der Waals surface area contributed by atoms with Gasteiger partial charge in [0.1, 0.15) is 5.82 Å². The number of aromatic carboxylic acids is 1. The van der Waals surface area contributed by atoms with Gasteiger partial charge in [0.15, 0.2) is 11.5 Å². The van der Waals surface area contributed by atoms with E-state index >= 15 is 0 Å². The van der Waals surface area contributed by atoms with Gasteiger partial charge >= 0.3 is 5.97 Å². The van der Waals surface area contributed by atoms with Crippen molar-refractivity contribution in [2.24, 2.45) is 0 Å². The number of hydrogen-bond acceptors (Lipinski definition) is 7. The van der Waals surface area contributed by atoms with E-state index in [-0.39, 0.29) is 5.82 Å². The molecule has 2 N–H and O–H groups in total. The zero-order chi connectivity index (χ0) is 22.2. The first-order valence-electron chi connectivity index (χ1n) is 9.93. The summed E-state index contributed by atoms with van der Waals surface area (Å²) in [6.07, 6.45) is 4.13. The molecular weight excluding hydrogens is 410 g/mol. The molecule has 5 aromatic rings. The fraction of sp³-hybridized carbons (Fsp3) is 0.143. The number of tetrazole rings is 1. The number of aromatic amines is 1. The number of carbonyl (C=O) groups is 1. The largest absolute Gasteiger partial charge is 0.475 e. The van der Waals surface area contributed by atoms with Crippen molar-refractivity contribution in [3.05, 3.63) is 66.4 Å².